The fraction of sp³-hybridized carbons (Fsp3) is 0.462. The molecule has 198 valence electrons. The van der Waals surface area contributed by atoms with Gasteiger partial charge in [-0.2, -0.15) is 0 Å². The fourth-order valence-corrected chi connectivity index (χ4v) is 5.18. The third-order valence-electron chi connectivity index (χ3n) is 5.83. The maximum absolute atomic E-state index is 13.3. The van der Waals surface area contributed by atoms with Crippen molar-refractivity contribution in [2.45, 2.75) is 59.0 Å². The Morgan fingerprint density at radius 2 is 1.75 bits per heavy atom. The monoisotopic (exact) mass is 555 g/mol. The number of rotatable bonds is 13. The first-order valence-electron chi connectivity index (χ1n) is 12.0. The van der Waals surface area contributed by atoms with Crippen LogP contribution in [0.4, 0.5) is 5.69 Å². The number of hydrogen-bond donors (Lipinski definition) is 1. The van der Waals surface area contributed by atoms with Crippen LogP contribution in [-0.2, 0) is 26.2 Å². The number of nitrogens with zero attached hydrogens (tertiary/aromatic N) is 2. The summed E-state index contributed by atoms with van der Waals surface area (Å²) >= 11 is 12.2. The number of hydrogen-bond acceptors (Lipinski definition) is 4. The molecule has 36 heavy (non-hydrogen) atoms. The van der Waals surface area contributed by atoms with Crippen LogP contribution in [0.2, 0.25) is 10.0 Å². The SMILES string of the molecule is CCCCNC(=O)[C@H](C)N(Cc1cccc(Cl)c1)C(=O)CCCN(c1cc(Cl)ccc1C)S(C)(=O)=O. The van der Waals surface area contributed by atoms with Crippen molar-refractivity contribution in [3.63, 3.8) is 0 Å². The summed E-state index contributed by atoms with van der Waals surface area (Å²) in [5.74, 6) is -0.476. The van der Waals surface area contributed by atoms with Crippen molar-refractivity contribution in [1.82, 2.24) is 10.2 Å². The van der Waals surface area contributed by atoms with Crippen LogP contribution >= 0.6 is 23.2 Å². The highest BCUT2D eigenvalue weighted by Gasteiger charge is 2.27. The maximum Gasteiger partial charge on any atom is 0.242 e. The van der Waals surface area contributed by atoms with Gasteiger partial charge in [-0.15, -0.1) is 0 Å². The molecule has 0 bridgehead atoms. The predicted octanol–water partition coefficient (Wildman–Crippen LogP) is 5.18. The van der Waals surface area contributed by atoms with Gasteiger partial charge in [-0.1, -0.05) is 54.7 Å². The largest absolute Gasteiger partial charge is 0.354 e. The minimum absolute atomic E-state index is 0.0682. The van der Waals surface area contributed by atoms with Gasteiger partial charge in [0.1, 0.15) is 6.04 Å². The third kappa shape index (κ3) is 8.98. The van der Waals surface area contributed by atoms with E-state index in [9.17, 15) is 18.0 Å². The van der Waals surface area contributed by atoms with Gasteiger partial charge in [-0.3, -0.25) is 13.9 Å². The van der Waals surface area contributed by atoms with Gasteiger partial charge in [0, 0.05) is 36.1 Å². The van der Waals surface area contributed by atoms with E-state index in [1.807, 2.05) is 13.0 Å². The minimum Gasteiger partial charge on any atom is -0.354 e. The van der Waals surface area contributed by atoms with Crippen LogP contribution in [0, 0.1) is 6.92 Å². The normalized spacial score (nSPS) is 12.2. The predicted molar refractivity (Wildman–Crippen MR) is 147 cm³/mol. The van der Waals surface area contributed by atoms with E-state index in [1.165, 1.54) is 9.21 Å². The highest BCUT2D eigenvalue weighted by Crippen LogP contribution is 2.27. The maximum atomic E-state index is 13.3. The van der Waals surface area contributed by atoms with Crippen LogP contribution < -0.4 is 9.62 Å². The second-order valence-corrected chi connectivity index (χ2v) is 11.6. The Hall–Kier alpha value is -2.29. The molecule has 0 heterocycles. The summed E-state index contributed by atoms with van der Waals surface area (Å²) < 4.78 is 26.3. The number of nitrogens with one attached hydrogen (secondary N) is 1. The molecular formula is C26H35Cl2N3O4S. The zero-order valence-corrected chi connectivity index (χ0v) is 23.6. The van der Waals surface area contributed by atoms with E-state index in [0.717, 1.165) is 30.2 Å². The molecule has 0 unspecified atom stereocenters. The van der Waals surface area contributed by atoms with Gasteiger partial charge < -0.3 is 10.2 Å². The molecule has 2 aromatic rings. The molecular weight excluding hydrogens is 521 g/mol. The molecule has 2 rings (SSSR count). The lowest BCUT2D eigenvalue weighted by Gasteiger charge is -2.29. The summed E-state index contributed by atoms with van der Waals surface area (Å²) in [6.07, 6.45) is 3.27. The average molecular weight is 557 g/mol. The Kier molecular flexibility index (Phi) is 11.5. The Bertz CT molecular complexity index is 1160. The van der Waals surface area contributed by atoms with Crippen molar-refractivity contribution in [1.29, 1.82) is 0 Å². The second-order valence-electron chi connectivity index (χ2n) is 8.84. The number of halogens is 2. The van der Waals surface area contributed by atoms with Crippen molar-refractivity contribution >= 4 is 50.7 Å². The molecule has 2 amide bonds. The number of anilines is 1. The number of unbranched alkanes of at least 4 members (excludes halogenated alkanes) is 1. The number of aryl methyl sites for hydroxylation is 1. The molecule has 0 saturated carbocycles. The van der Waals surface area contributed by atoms with Gasteiger partial charge in [-0.05, 0) is 62.1 Å². The molecule has 0 fully saturated rings. The number of amides is 2. The van der Waals surface area contributed by atoms with E-state index in [0.29, 0.717) is 22.3 Å². The number of sulfonamides is 1. The number of carbonyl (C=O) groups is 2. The summed E-state index contributed by atoms with van der Waals surface area (Å²) in [4.78, 5) is 27.6. The highest BCUT2D eigenvalue weighted by molar-refractivity contribution is 7.92. The number of benzene rings is 2. The molecule has 1 N–H and O–H groups in total. The van der Waals surface area contributed by atoms with Crippen LogP contribution in [0.15, 0.2) is 42.5 Å². The summed E-state index contributed by atoms with van der Waals surface area (Å²) in [5.41, 5.74) is 2.05. The van der Waals surface area contributed by atoms with Crippen molar-refractivity contribution in [3.05, 3.63) is 63.6 Å². The van der Waals surface area contributed by atoms with Crippen LogP contribution in [0.3, 0.4) is 0 Å². The lowest BCUT2D eigenvalue weighted by Crippen LogP contribution is -2.48. The molecule has 0 aromatic heterocycles. The molecule has 0 spiro atoms. The van der Waals surface area contributed by atoms with E-state index in [2.05, 4.69) is 5.32 Å². The molecule has 7 nitrogen and oxygen atoms in total. The molecule has 0 saturated heterocycles. The summed E-state index contributed by atoms with van der Waals surface area (Å²) in [6, 6.07) is 11.5. The molecule has 10 heteroatoms. The molecule has 0 radical (unpaired) electrons. The first-order valence-corrected chi connectivity index (χ1v) is 14.6. The Balaban J connectivity index is 2.18. The zero-order valence-electron chi connectivity index (χ0n) is 21.3. The van der Waals surface area contributed by atoms with Gasteiger partial charge in [-0.25, -0.2) is 8.42 Å². The lowest BCUT2D eigenvalue weighted by atomic mass is 10.1. The molecule has 0 aliphatic carbocycles. The van der Waals surface area contributed by atoms with E-state index in [1.54, 1.807) is 50.2 Å². The third-order valence-corrected chi connectivity index (χ3v) is 7.48. The van der Waals surface area contributed by atoms with Crippen molar-refractivity contribution < 1.29 is 18.0 Å². The average Bonchev–Trinajstić information content (AvgIpc) is 2.81. The second kappa shape index (κ2) is 13.9. The van der Waals surface area contributed by atoms with E-state index < -0.39 is 16.1 Å². The van der Waals surface area contributed by atoms with Gasteiger partial charge in [0.15, 0.2) is 0 Å². The van der Waals surface area contributed by atoms with Crippen molar-refractivity contribution in [2.75, 3.05) is 23.7 Å². The van der Waals surface area contributed by atoms with Crippen molar-refractivity contribution in [2.24, 2.45) is 0 Å². The van der Waals surface area contributed by atoms with Crippen LogP contribution in [-0.4, -0.2) is 50.5 Å². The van der Waals surface area contributed by atoms with E-state index in [4.69, 9.17) is 23.2 Å². The Labute approximate surface area is 224 Å². The molecule has 0 aliphatic rings. The van der Waals surface area contributed by atoms with Gasteiger partial charge in [0.2, 0.25) is 21.8 Å². The molecule has 0 aliphatic heterocycles. The standard InChI is InChI=1S/C26H35Cl2N3O4S/c1-5-6-14-29-26(33)20(3)30(18-21-9-7-10-22(27)16-21)25(32)11-8-15-31(36(4,34)35)24-17-23(28)13-12-19(24)2/h7,9-10,12-13,16-17,20H,5-6,8,11,14-15,18H2,1-4H3,(H,29,33)/t20-/m0/s1. The Morgan fingerprint density at radius 3 is 2.39 bits per heavy atom. The van der Waals surface area contributed by atoms with Crippen LogP contribution in [0.25, 0.3) is 0 Å². The smallest absolute Gasteiger partial charge is 0.242 e. The topological polar surface area (TPSA) is 86.8 Å². The van der Waals surface area contributed by atoms with E-state index >= 15 is 0 Å². The Morgan fingerprint density at radius 1 is 1.06 bits per heavy atom. The summed E-state index contributed by atoms with van der Waals surface area (Å²) in [6.45, 7) is 6.40. The van der Waals surface area contributed by atoms with Crippen LogP contribution in [0.5, 0.6) is 0 Å². The highest BCUT2D eigenvalue weighted by atomic mass is 35.5. The molecule has 1 atom stereocenters. The van der Waals surface area contributed by atoms with Crippen molar-refractivity contribution in [3.8, 4) is 0 Å². The van der Waals surface area contributed by atoms with E-state index in [-0.39, 0.29) is 37.7 Å². The number of carbonyl (C=O) groups excluding carboxylic acids is 2. The molecule has 2 aromatic carbocycles. The first kappa shape index (κ1) is 29.9. The first-order chi connectivity index (χ1) is 16.9. The summed E-state index contributed by atoms with van der Waals surface area (Å²) in [5, 5.41) is 3.85. The van der Waals surface area contributed by atoms with Gasteiger partial charge in [0.05, 0.1) is 11.9 Å². The lowest BCUT2D eigenvalue weighted by molar-refractivity contribution is -0.140. The zero-order chi connectivity index (χ0) is 26.9. The van der Waals surface area contributed by atoms with Gasteiger partial charge >= 0.3 is 0 Å². The fourth-order valence-electron chi connectivity index (χ4n) is 3.78. The minimum atomic E-state index is -3.60. The summed E-state index contributed by atoms with van der Waals surface area (Å²) in [7, 11) is -3.60. The quantitative estimate of drug-likeness (QED) is 0.345. The van der Waals surface area contributed by atoms with Crippen LogP contribution in [0.1, 0.15) is 50.7 Å². The van der Waals surface area contributed by atoms with Gasteiger partial charge in [0.25, 0.3) is 0 Å².